The lowest BCUT2D eigenvalue weighted by molar-refractivity contribution is -0.143. The Kier molecular flexibility index (Phi) is 3.48. The standard InChI is InChI=1S/C9H8F3NO3/c10-9(11,12)6-1-2-13-4-5(6)7(14)3-8(15)16/h1-2,4,7,14H,3H2,(H,15,16)/t7-/m0/s1. The summed E-state index contributed by atoms with van der Waals surface area (Å²) < 4.78 is 37.4. The maximum Gasteiger partial charge on any atom is 0.416 e. The molecular formula is C9H8F3NO3. The minimum atomic E-state index is -4.64. The van der Waals surface area contributed by atoms with Crippen LogP contribution in [0, 0.1) is 0 Å². The summed E-state index contributed by atoms with van der Waals surface area (Å²) in [4.78, 5) is 13.7. The van der Waals surface area contributed by atoms with Crippen molar-refractivity contribution in [2.45, 2.75) is 18.7 Å². The number of hydrogen-bond acceptors (Lipinski definition) is 3. The van der Waals surface area contributed by atoms with E-state index in [0.717, 1.165) is 12.4 Å². The highest BCUT2D eigenvalue weighted by Crippen LogP contribution is 2.34. The number of carboxylic acids is 1. The van der Waals surface area contributed by atoms with Crippen LogP contribution in [0.1, 0.15) is 23.7 Å². The SMILES string of the molecule is O=C(O)C[C@H](O)c1cnccc1C(F)(F)F. The third-order valence-corrected chi connectivity index (χ3v) is 1.88. The van der Waals surface area contributed by atoms with Crippen molar-refractivity contribution >= 4 is 5.97 Å². The first-order valence-electron chi connectivity index (χ1n) is 4.23. The molecule has 0 bridgehead atoms. The van der Waals surface area contributed by atoms with E-state index in [4.69, 9.17) is 5.11 Å². The maximum atomic E-state index is 12.5. The number of nitrogens with zero attached hydrogens (tertiary/aromatic N) is 1. The van der Waals surface area contributed by atoms with Crippen LogP contribution in [-0.4, -0.2) is 21.2 Å². The van der Waals surface area contributed by atoms with E-state index in [-0.39, 0.29) is 0 Å². The number of carbonyl (C=O) groups is 1. The molecule has 7 heteroatoms. The Labute approximate surface area is 88.4 Å². The van der Waals surface area contributed by atoms with Crippen molar-refractivity contribution in [1.29, 1.82) is 0 Å². The van der Waals surface area contributed by atoms with Crippen LogP contribution in [0.15, 0.2) is 18.5 Å². The number of halogens is 3. The van der Waals surface area contributed by atoms with E-state index in [1.807, 2.05) is 0 Å². The predicted molar refractivity (Wildman–Crippen MR) is 46.5 cm³/mol. The normalized spacial score (nSPS) is 13.5. The van der Waals surface area contributed by atoms with Gasteiger partial charge in [-0.25, -0.2) is 0 Å². The molecule has 0 aliphatic heterocycles. The third kappa shape index (κ3) is 2.93. The first-order valence-corrected chi connectivity index (χ1v) is 4.23. The number of pyridine rings is 1. The van der Waals surface area contributed by atoms with Gasteiger partial charge in [0, 0.05) is 18.0 Å². The van der Waals surface area contributed by atoms with Crippen LogP contribution in [0.3, 0.4) is 0 Å². The second kappa shape index (κ2) is 4.48. The molecule has 4 nitrogen and oxygen atoms in total. The predicted octanol–water partition coefficient (Wildman–Crippen LogP) is 1.61. The van der Waals surface area contributed by atoms with Gasteiger partial charge in [-0.2, -0.15) is 13.2 Å². The monoisotopic (exact) mass is 235 g/mol. The zero-order chi connectivity index (χ0) is 12.3. The summed E-state index contributed by atoms with van der Waals surface area (Å²) in [5.74, 6) is -1.38. The number of aliphatic hydroxyl groups is 1. The summed E-state index contributed by atoms with van der Waals surface area (Å²) in [6.07, 6.45) is -5.41. The van der Waals surface area contributed by atoms with Gasteiger partial charge in [0.15, 0.2) is 0 Å². The topological polar surface area (TPSA) is 70.4 Å². The Bertz CT molecular complexity index is 392. The molecule has 1 heterocycles. The third-order valence-electron chi connectivity index (χ3n) is 1.88. The molecule has 1 aromatic heterocycles. The van der Waals surface area contributed by atoms with E-state index >= 15 is 0 Å². The number of hydrogen-bond donors (Lipinski definition) is 2. The van der Waals surface area contributed by atoms with Crippen LogP contribution in [0.2, 0.25) is 0 Å². The summed E-state index contributed by atoms with van der Waals surface area (Å²) in [6, 6.07) is 0.695. The quantitative estimate of drug-likeness (QED) is 0.834. The summed E-state index contributed by atoms with van der Waals surface area (Å²) in [5.41, 5.74) is -1.60. The van der Waals surface area contributed by atoms with E-state index in [9.17, 15) is 23.1 Å². The average Bonchev–Trinajstić information content (AvgIpc) is 2.15. The van der Waals surface area contributed by atoms with Gasteiger partial charge in [-0.1, -0.05) is 0 Å². The fourth-order valence-electron chi connectivity index (χ4n) is 1.21. The molecule has 0 spiro atoms. The molecular weight excluding hydrogens is 227 g/mol. The highest BCUT2D eigenvalue weighted by Gasteiger charge is 2.35. The van der Waals surface area contributed by atoms with Gasteiger partial charge in [0.05, 0.1) is 18.1 Å². The molecule has 1 atom stereocenters. The van der Waals surface area contributed by atoms with Gasteiger partial charge in [-0.3, -0.25) is 9.78 Å². The van der Waals surface area contributed by atoms with Gasteiger partial charge >= 0.3 is 12.1 Å². The number of alkyl halides is 3. The van der Waals surface area contributed by atoms with Crippen molar-refractivity contribution in [2.24, 2.45) is 0 Å². The Balaban J connectivity index is 3.08. The first-order chi connectivity index (χ1) is 7.32. The molecule has 0 radical (unpaired) electrons. The molecule has 1 rings (SSSR count). The molecule has 0 saturated heterocycles. The molecule has 0 aliphatic rings. The van der Waals surface area contributed by atoms with Gasteiger partial charge < -0.3 is 10.2 Å². The van der Waals surface area contributed by atoms with Crippen molar-refractivity contribution in [2.75, 3.05) is 0 Å². The molecule has 2 N–H and O–H groups in total. The minimum Gasteiger partial charge on any atom is -0.481 e. The highest BCUT2D eigenvalue weighted by molar-refractivity contribution is 5.67. The van der Waals surface area contributed by atoms with Gasteiger partial charge in [-0.05, 0) is 6.07 Å². The lowest BCUT2D eigenvalue weighted by atomic mass is 10.0. The molecule has 0 unspecified atom stereocenters. The highest BCUT2D eigenvalue weighted by atomic mass is 19.4. The van der Waals surface area contributed by atoms with Crippen molar-refractivity contribution in [3.05, 3.63) is 29.6 Å². The molecule has 0 saturated carbocycles. The second-order valence-electron chi connectivity index (χ2n) is 3.07. The van der Waals surface area contributed by atoms with E-state index in [1.54, 1.807) is 0 Å². The van der Waals surface area contributed by atoms with Crippen LogP contribution in [0.4, 0.5) is 13.2 Å². The number of aliphatic carboxylic acids is 1. The van der Waals surface area contributed by atoms with Gasteiger partial charge in [0.1, 0.15) is 0 Å². The number of aliphatic hydroxyl groups excluding tert-OH is 1. The number of rotatable bonds is 3. The zero-order valence-electron chi connectivity index (χ0n) is 7.90. The fraction of sp³-hybridized carbons (Fsp3) is 0.333. The number of aromatic nitrogens is 1. The van der Waals surface area contributed by atoms with E-state index < -0.39 is 35.8 Å². The van der Waals surface area contributed by atoms with Crippen molar-refractivity contribution in [1.82, 2.24) is 4.98 Å². The van der Waals surface area contributed by atoms with Gasteiger partial charge in [0.25, 0.3) is 0 Å². The molecule has 0 aliphatic carbocycles. The lowest BCUT2D eigenvalue weighted by Crippen LogP contribution is -2.14. The van der Waals surface area contributed by atoms with E-state index in [1.165, 1.54) is 0 Å². The van der Waals surface area contributed by atoms with Crippen LogP contribution >= 0.6 is 0 Å². The first kappa shape index (κ1) is 12.4. The van der Waals surface area contributed by atoms with E-state index in [0.29, 0.717) is 6.07 Å². The molecule has 1 aromatic rings. The summed E-state index contributed by atoms with van der Waals surface area (Å²) in [5, 5.41) is 17.7. The zero-order valence-corrected chi connectivity index (χ0v) is 7.90. The van der Waals surface area contributed by atoms with Crippen LogP contribution in [0.25, 0.3) is 0 Å². The van der Waals surface area contributed by atoms with Crippen molar-refractivity contribution in [3.63, 3.8) is 0 Å². The molecule has 0 fully saturated rings. The Morgan fingerprint density at radius 1 is 1.50 bits per heavy atom. The smallest absolute Gasteiger partial charge is 0.416 e. The van der Waals surface area contributed by atoms with Crippen LogP contribution in [0.5, 0.6) is 0 Å². The van der Waals surface area contributed by atoms with Crippen molar-refractivity contribution < 1.29 is 28.2 Å². The Morgan fingerprint density at radius 2 is 2.12 bits per heavy atom. The Hall–Kier alpha value is -1.63. The summed E-state index contributed by atoms with van der Waals surface area (Å²) in [6.45, 7) is 0. The lowest BCUT2D eigenvalue weighted by Gasteiger charge is -2.15. The molecule has 88 valence electrons. The fourth-order valence-corrected chi connectivity index (χ4v) is 1.21. The second-order valence-corrected chi connectivity index (χ2v) is 3.07. The van der Waals surface area contributed by atoms with E-state index in [2.05, 4.69) is 4.98 Å². The summed E-state index contributed by atoms with van der Waals surface area (Å²) >= 11 is 0. The van der Waals surface area contributed by atoms with Crippen molar-refractivity contribution in [3.8, 4) is 0 Å². The molecule has 16 heavy (non-hydrogen) atoms. The van der Waals surface area contributed by atoms with Crippen LogP contribution < -0.4 is 0 Å². The number of carboxylic acid groups (broad SMARTS) is 1. The minimum absolute atomic E-state index is 0.530. The maximum absolute atomic E-state index is 12.5. The average molecular weight is 235 g/mol. The largest absolute Gasteiger partial charge is 0.481 e. The van der Waals surface area contributed by atoms with Crippen LogP contribution in [-0.2, 0) is 11.0 Å². The van der Waals surface area contributed by atoms with Gasteiger partial charge in [0.2, 0.25) is 0 Å². The molecule has 0 amide bonds. The Morgan fingerprint density at radius 3 is 2.62 bits per heavy atom. The summed E-state index contributed by atoms with van der Waals surface area (Å²) in [7, 11) is 0. The van der Waals surface area contributed by atoms with Gasteiger partial charge in [-0.15, -0.1) is 0 Å². The molecule has 0 aromatic carbocycles.